The minimum atomic E-state index is 0. The van der Waals surface area contributed by atoms with Gasteiger partial charge in [-0.3, -0.25) is 4.79 Å². The number of hydrogen-bond acceptors (Lipinski definition) is 4. The van der Waals surface area contributed by atoms with E-state index in [4.69, 9.17) is 11.6 Å². The van der Waals surface area contributed by atoms with Gasteiger partial charge in [0.2, 0.25) is 5.91 Å². The Balaban J connectivity index is 0.00000156. The van der Waals surface area contributed by atoms with Crippen LogP contribution in [-0.2, 0) is 11.2 Å². The Morgan fingerprint density at radius 2 is 2.08 bits per heavy atom. The van der Waals surface area contributed by atoms with Gasteiger partial charge in [0, 0.05) is 36.1 Å². The minimum absolute atomic E-state index is 0. The number of nitrogens with zero attached hydrogens (tertiary/aromatic N) is 2. The van der Waals surface area contributed by atoms with E-state index < -0.39 is 0 Å². The Morgan fingerprint density at radius 3 is 2.80 bits per heavy atom. The van der Waals surface area contributed by atoms with Crippen molar-refractivity contribution in [2.45, 2.75) is 32.4 Å². The van der Waals surface area contributed by atoms with Crippen LogP contribution in [0.5, 0.6) is 0 Å². The Hall–Kier alpha value is -0.850. The lowest BCUT2D eigenvalue weighted by molar-refractivity contribution is -0.134. The van der Waals surface area contributed by atoms with Crippen LogP contribution in [0.3, 0.4) is 0 Å². The molecule has 1 amide bonds. The molecule has 3 rings (SSSR count). The monoisotopic (exact) mass is 421 g/mol. The van der Waals surface area contributed by atoms with E-state index in [-0.39, 0.29) is 36.8 Å². The first-order valence-corrected chi connectivity index (χ1v) is 9.04. The van der Waals surface area contributed by atoms with Crippen molar-refractivity contribution < 1.29 is 4.79 Å². The maximum absolute atomic E-state index is 12.6. The maximum atomic E-state index is 12.6. The molecule has 2 unspecified atom stereocenters. The molecule has 1 aromatic heterocycles. The van der Waals surface area contributed by atoms with E-state index in [1.165, 1.54) is 11.3 Å². The zero-order chi connectivity index (χ0) is 16.4. The van der Waals surface area contributed by atoms with E-state index in [9.17, 15) is 4.79 Å². The van der Waals surface area contributed by atoms with Crippen LogP contribution in [0, 0.1) is 0 Å². The van der Waals surface area contributed by atoms with Crippen LogP contribution in [0.15, 0.2) is 29.6 Å². The van der Waals surface area contributed by atoms with Gasteiger partial charge in [0.05, 0.1) is 17.1 Å². The summed E-state index contributed by atoms with van der Waals surface area (Å²) < 4.78 is 0. The highest BCUT2D eigenvalue weighted by atomic mass is 35.5. The third-order valence-corrected chi connectivity index (χ3v) is 5.60. The molecule has 2 atom stereocenters. The number of carbonyl (C=O) groups excluding carboxylic acids is 1. The van der Waals surface area contributed by atoms with Gasteiger partial charge in [-0.05, 0) is 19.9 Å². The quantitative estimate of drug-likeness (QED) is 0.811. The van der Waals surface area contributed by atoms with E-state index in [0.717, 1.165) is 29.4 Å². The van der Waals surface area contributed by atoms with Crippen LogP contribution >= 0.6 is 47.8 Å². The summed E-state index contributed by atoms with van der Waals surface area (Å²) in [5.41, 5.74) is 1.73. The van der Waals surface area contributed by atoms with Gasteiger partial charge in [-0.15, -0.1) is 36.2 Å². The van der Waals surface area contributed by atoms with Crippen LogP contribution in [0.4, 0.5) is 0 Å². The highest BCUT2D eigenvalue weighted by Gasteiger charge is 2.28. The number of halogens is 3. The van der Waals surface area contributed by atoms with Gasteiger partial charge in [-0.1, -0.05) is 29.8 Å². The molecule has 2 heterocycles. The van der Waals surface area contributed by atoms with Crippen molar-refractivity contribution in [3.8, 4) is 10.6 Å². The number of carbonyl (C=O) groups is 1. The fourth-order valence-electron chi connectivity index (χ4n) is 2.81. The van der Waals surface area contributed by atoms with Crippen molar-refractivity contribution in [1.29, 1.82) is 0 Å². The number of piperazine rings is 1. The average molecular weight is 423 g/mol. The van der Waals surface area contributed by atoms with Crippen molar-refractivity contribution in [3.63, 3.8) is 0 Å². The molecular weight excluding hydrogens is 401 g/mol. The number of rotatable bonds is 3. The molecule has 1 saturated heterocycles. The van der Waals surface area contributed by atoms with Crippen molar-refractivity contribution in [2.75, 3.05) is 13.1 Å². The molecule has 0 aliphatic carbocycles. The topological polar surface area (TPSA) is 45.2 Å². The molecule has 1 aromatic carbocycles. The Morgan fingerprint density at radius 1 is 1.36 bits per heavy atom. The van der Waals surface area contributed by atoms with E-state index in [1.54, 1.807) is 0 Å². The number of thiazole rings is 1. The van der Waals surface area contributed by atoms with Crippen LogP contribution < -0.4 is 5.32 Å². The lowest BCUT2D eigenvalue weighted by Crippen LogP contribution is -2.57. The summed E-state index contributed by atoms with van der Waals surface area (Å²) in [6.07, 6.45) is 0.345. The molecule has 1 aliphatic heterocycles. The second-order valence-electron chi connectivity index (χ2n) is 5.87. The average Bonchev–Trinajstić information content (AvgIpc) is 2.98. The van der Waals surface area contributed by atoms with Crippen LogP contribution in [0.2, 0.25) is 5.02 Å². The molecular formula is C17H22Cl3N3OS. The molecule has 2 aromatic rings. The number of hydrogen-bond donors (Lipinski definition) is 1. The summed E-state index contributed by atoms with van der Waals surface area (Å²) in [6, 6.07) is 8.17. The standard InChI is InChI=1S/C17H20ClN3OS.2ClH/c1-11-12(2)21(8-7-19-11)16(22)9-13-10-23-17(20-13)14-5-3-4-6-15(14)18;;/h3-6,10-12,19H,7-9H2,1-2H3;2*1H. The van der Waals surface area contributed by atoms with Gasteiger partial charge in [0.25, 0.3) is 0 Å². The van der Waals surface area contributed by atoms with E-state index in [2.05, 4.69) is 24.1 Å². The third kappa shape index (κ3) is 5.08. The smallest absolute Gasteiger partial charge is 0.228 e. The highest BCUT2D eigenvalue weighted by Crippen LogP contribution is 2.30. The SMILES string of the molecule is CC1NCCN(C(=O)Cc2csc(-c3ccccc3Cl)n2)C1C.Cl.Cl. The Bertz CT molecular complexity index is 710. The van der Waals surface area contributed by atoms with Gasteiger partial charge < -0.3 is 10.2 Å². The lowest BCUT2D eigenvalue weighted by Gasteiger charge is -2.38. The Kier molecular flexibility index (Phi) is 8.64. The lowest BCUT2D eigenvalue weighted by atomic mass is 10.1. The summed E-state index contributed by atoms with van der Waals surface area (Å²) in [6.45, 7) is 5.80. The normalized spacial score (nSPS) is 19.7. The van der Waals surface area contributed by atoms with Gasteiger partial charge in [-0.25, -0.2) is 4.98 Å². The number of amides is 1. The molecule has 1 fully saturated rings. The summed E-state index contributed by atoms with van der Waals surface area (Å²) in [5.74, 6) is 0.141. The maximum Gasteiger partial charge on any atom is 0.228 e. The highest BCUT2D eigenvalue weighted by molar-refractivity contribution is 7.13. The number of benzene rings is 1. The minimum Gasteiger partial charge on any atom is -0.337 e. The molecule has 1 N–H and O–H groups in total. The first-order valence-electron chi connectivity index (χ1n) is 7.78. The predicted molar refractivity (Wildman–Crippen MR) is 109 cm³/mol. The van der Waals surface area contributed by atoms with Crippen LogP contribution in [0.25, 0.3) is 10.6 Å². The van der Waals surface area contributed by atoms with Crippen molar-refractivity contribution >= 4 is 53.7 Å². The van der Waals surface area contributed by atoms with Crippen molar-refractivity contribution in [1.82, 2.24) is 15.2 Å². The molecule has 25 heavy (non-hydrogen) atoms. The van der Waals surface area contributed by atoms with E-state index >= 15 is 0 Å². The molecule has 0 radical (unpaired) electrons. The summed E-state index contributed by atoms with van der Waals surface area (Å²) in [7, 11) is 0. The molecule has 138 valence electrons. The first kappa shape index (κ1) is 22.2. The fourth-order valence-corrected chi connectivity index (χ4v) is 3.95. The van der Waals surface area contributed by atoms with Gasteiger partial charge in [-0.2, -0.15) is 0 Å². The van der Waals surface area contributed by atoms with Crippen LogP contribution in [-0.4, -0.2) is 41.0 Å². The molecule has 4 nitrogen and oxygen atoms in total. The predicted octanol–water partition coefficient (Wildman–Crippen LogP) is 4.06. The third-order valence-electron chi connectivity index (χ3n) is 4.34. The number of aromatic nitrogens is 1. The zero-order valence-corrected chi connectivity index (χ0v) is 17.3. The van der Waals surface area contributed by atoms with E-state index in [1.807, 2.05) is 34.5 Å². The number of nitrogens with one attached hydrogen (secondary N) is 1. The molecule has 0 saturated carbocycles. The molecule has 1 aliphatic rings. The van der Waals surface area contributed by atoms with Crippen molar-refractivity contribution in [2.24, 2.45) is 0 Å². The largest absolute Gasteiger partial charge is 0.337 e. The summed E-state index contributed by atoms with van der Waals surface area (Å²) in [4.78, 5) is 19.1. The molecule has 0 bridgehead atoms. The van der Waals surface area contributed by atoms with Gasteiger partial charge >= 0.3 is 0 Å². The van der Waals surface area contributed by atoms with Crippen molar-refractivity contribution in [3.05, 3.63) is 40.4 Å². The fraction of sp³-hybridized carbons (Fsp3) is 0.412. The van der Waals surface area contributed by atoms with E-state index in [0.29, 0.717) is 17.5 Å². The first-order chi connectivity index (χ1) is 11.1. The second-order valence-corrected chi connectivity index (χ2v) is 7.14. The van der Waals surface area contributed by atoms with Gasteiger partial charge in [0.1, 0.15) is 5.01 Å². The van der Waals surface area contributed by atoms with Crippen LogP contribution in [0.1, 0.15) is 19.5 Å². The zero-order valence-electron chi connectivity index (χ0n) is 14.1. The summed E-state index contributed by atoms with van der Waals surface area (Å²) >= 11 is 7.74. The second kappa shape index (κ2) is 9.74. The Labute approximate surface area is 169 Å². The molecule has 8 heteroatoms. The molecule has 0 spiro atoms. The summed E-state index contributed by atoms with van der Waals surface area (Å²) in [5, 5.41) is 6.89. The van der Waals surface area contributed by atoms with Gasteiger partial charge in [0.15, 0.2) is 0 Å².